The van der Waals surface area contributed by atoms with Gasteiger partial charge in [0.25, 0.3) is 0 Å². The van der Waals surface area contributed by atoms with E-state index in [1.54, 1.807) is 0 Å². The molecule has 1 saturated carbocycles. The number of hydrogen-bond donors (Lipinski definition) is 0. The lowest BCUT2D eigenvalue weighted by Crippen LogP contribution is -1.94. The molecular weight excluding hydrogens is 120 g/mol. The fraction of sp³-hybridized carbons (Fsp3) is 0.857. The van der Waals surface area contributed by atoms with E-state index >= 15 is 0 Å². The van der Waals surface area contributed by atoms with Crippen LogP contribution in [0.2, 0.25) is 0 Å². The maximum absolute atomic E-state index is 5.65. The molecule has 2 atom stereocenters. The predicted octanol–water partition coefficient (Wildman–Crippen LogP) is 2.48. The largest absolute Gasteiger partial charge is 0.126 e. The van der Waals surface area contributed by atoms with E-state index in [4.69, 9.17) is 11.6 Å². The van der Waals surface area contributed by atoms with Crippen LogP contribution in [-0.2, 0) is 0 Å². The summed E-state index contributed by atoms with van der Waals surface area (Å²) in [6.45, 7) is 3.98. The van der Waals surface area contributed by atoms with Gasteiger partial charge in [-0.25, -0.2) is 0 Å². The van der Waals surface area contributed by atoms with Gasteiger partial charge in [0.15, 0.2) is 0 Å². The van der Waals surface area contributed by atoms with Gasteiger partial charge in [-0.15, -0.1) is 11.6 Å². The first kappa shape index (κ1) is 6.41. The van der Waals surface area contributed by atoms with Gasteiger partial charge in [0.2, 0.25) is 0 Å². The molecule has 1 rings (SSSR count). The quantitative estimate of drug-likeness (QED) is 0.480. The van der Waals surface area contributed by atoms with Crippen LogP contribution in [-0.4, -0.2) is 5.88 Å². The van der Waals surface area contributed by atoms with Crippen molar-refractivity contribution in [2.45, 2.75) is 19.3 Å². The van der Waals surface area contributed by atoms with E-state index in [0.29, 0.717) is 5.92 Å². The van der Waals surface area contributed by atoms with Crippen molar-refractivity contribution in [3.8, 4) is 0 Å². The number of hydrogen-bond acceptors (Lipinski definition) is 0. The molecule has 0 saturated heterocycles. The van der Waals surface area contributed by atoms with E-state index in [9.17, 15) is 0 Å². The molecule has 1 radical (unpaired) electrons. The van der Waals surface area contributed by atoms with Crippen molar-refractivity contribution in [1.29, 1.82) is 0 Å². The minimum absolute atomic E-state index is 0.693. The molecule has 0 nitrogen and oxygen atoms in total. The molecule has 1 aliphatic rings. The zero-order valence-electron chi connectivity index (χ0n) is 5.07. The highest BCUT2D eigenvalue weighted by molar-refractivity contribution is 6.18. The van der Waals surface area contributed by atoms with Crippen LogP contribution >= 0.6 is 11.6 Å². The maximum atomic E-state index is 5.65. The Kier molecular flexibility index (Phi) is 2.18. The highest BCUT2D eigenvalue weighted by Gasteiger charge is 2.19. The van der Waals surface area contributed by atoms with Crippen molar-refractivity contribution in [1.82, 2.24) is 0 Å². The third-order valence-electron chi connectivity index (χ3n) is 1.87. The van der Waals surface area contributed by atoms with Crippen molar-refractivity contribution in [3.05, 3.63) is 6.92 Å². The molecule has 1 heteroatoms. The Morgan fingerprint density at radius 3 is 2.50 bits per heavy atom. The van der Waals surface area contributed by atoms with Crippen molar-refractivity contribution in [3.63, 3.8) is 0 Å². The van der Waals surface area contributed by atoms with Crippen LogP contribution in [0, 0.1) is 18.8 Å². The lowest BCUT2D eigenvalue weighted by atomic mass is 10.1. The zero-order valence-corrected chi connectivity index (χ0v) is 5.82. The highest BCUT2D eigenvalue weighted by atomic mass is 35.5. The van der Waals surface area contributed by atoms with Crippen LogP contribution in [0.4, 0.5) is 0 Å². The Morgan fingerprint density at radius 1 is 1.50 bits per heavy atom. The Labute approximate surface area is 56.2 Å². The van der Waals surface area contributed by atoms with Gasteiger partial charge < -0.3 is 0 Å². The van der Waals surface area contributed by atoms with Crippen molar-refractivity contribution < 1.29 is 0 Å². The van der Waals surface area contributed by atoms with Crippen LogP contribution < -0.4 is 0 Å². The van der Waals surface area contributed by atoms with Gasteiger partial charge in [-0.2, -0.15) is 0 Å². The number of rotatable bonds is 1. The summed E-state index contributed by atoms with van der Waals surface area (Å²) in [6.07, 6.45) is 3.85. The summed E-state index contributed by atoms with van der Waals surface area (Å²) < 4.78 is 0. The van der Waals surface area contributed by atoms with E-state index in [2.05, 4.69) is 6.92 Å². The van der Waals surface area contributed by atoms with Gasteiger partial charge in [-0.1, -0.05) is 13.3 Å². The summed E-state index contributed by atoms with van der Waals surface area (Å²) >= 11 is 5.65. The summed E-state index contributed by atoms with van der Waals surface area (Å²) in [5.41, 5.74) is 0. The van der Waals surface area contributed by atoms with E-state index in [1.165, 1.54) is 19.3 Å². The van der Waals surface area contributed by atoms with E-state index in [1.807, 2.05) is 0 Å². The first-order valence-electron chi connectivity index (χ1n) is 3.22. The lowest BCUT2D eigenvalue weighted by molar-refractivity contribution is 0.590. The molecule has 0 bridgehead atoms. The molecular formula is C7H12Cl. The van der Waals surface area contributed by atoms with Gasteiger partial charge in [0.05, 0.1) is 0 Å². The molecule has 47 valence electrons. The Bertz CT molecular complexity index is 70.8. The molecule has 1 aliphatic carbocycles. The first-order valence-corrected chi connectivity index (χ1v) is 3.75. The first-order chi connectivity index (χ1) is 3.83. The monoisotopic (exact) mass is 131 g/mol. The molecule has 0 amide bonds. The number of alkyl halides is 1. The van der Waals surface area contributed by atoms with Crippen LogP contribution in [0.15, 0.2) is 0 Å². The smallest absolute Gasteiger partial charge is 0.0251 e. The molecule has 0 aliphatic heterocycles. The van der Waals surface area contributed by atoms with Gasteiger partial charge in [-0.3, -0.25) is 0 Å². The molecule has 0 spiro atoms. The molecule has 0 aromatic rings. The molecule has 1 fully saturated rings. The highest BCUT2D eigenvalue weighted by Crippen LogP contribution is 2.30. The van der Waals surface area contributed by atoms with Gasteiger partial charge in [0, 0.05) is 5.88 Å². The Hall–Kier alpha value is 0.290. The molecule has 0 aromatic carbocycles. The summed E-state index contributed by atoms with van der Waals surface area (Å²) in [5.74, 6) is 2.31. The fourth-order valence-electron chi connectivity index (χ4n) is 1.32. The second kappa shape index (κ2) is 2.72. The van der Waals surface area contributed by atoms with E-state index in [0.717, 1.165) is 11.8 Å². The standard InChI is InChI=1S/C7H12Cl/c1-6-2-3-7(4-6)5-8/h6-7H,1-5H2. The second-order valence-corrected chi connectivity index (χ2v) is 3.01. The van der Waals surface area contributed by atoms with Gasteiger partial charge >= 0.3 is 0 Å². The van der Waals surface area contributed by atoms with Gasteiger partial charge in [0.1, 0.15) is 0 Å². The van der Waals surface area contributed by atoms with Crippen LogP contribution in [0.3, 0.4) is 0 Å². The van der Waals surface area contributed by atoms with Crippen LogP contribution in [0.1, 0.15) is 19.3 Å². The Morgan fingerprint density at radius 2 is 2.25 bits per heavy atom. The molecule has 0 heterocycles. The summed E-state index contributed by atoms with van der Waals surface area (Å²) in [6, 6.07) is 0. The average molecular weight is 132 g/mol. The Balaban J connectivity index is 2.22. The third kappa shape index (κ3) is 1.38. The topological polar surface area (TPSA) is 0 Å². The predicted molar refractivity (Wildman–Crippen MR) is 36.9 cm³/mol. The summed E-state index contributed by atoms with van der Waals surface area (Å²) in [7, 11) is 0. The second-order valence-electron chi connectivity index (χ2n) is 2.70. The molecule has 2 unspecified atom stereocenters. The molecule has 8 heavy (non-hydrogen) atoms. The van der Waals surface area contributed by atoms with E-state index in [-0.39, 0.29) is 0 Å². The normalized spacial score (nSPS) is 38.2. The van der Waals surface area contributed by atoms with Gasteiger partial charge in [-0.05, 0) is 24.7 Å². The van der Waals surface area contributed by atoms with Crippen molar-refractivity contribution in [2.75, 3.05) is 5.88 Å². The number of halogens is 1. The average Bonchev–Trinajstić information content (AvgIpc) is 2.14. The molecule has 0 aromatic heterocycles. The summed E-state index contributed by atoms with van der Waals surface area (Å²) in [5, 5.41) is 0. The zero-order chi connectivity index (χ0) is 5.98. The van der Waals surface area contributed by atoms with Crippen LogP contribution in [0.25, 0.3) is 0 Å². The van der Waals surface area contributed by atoms with Crippen LogP contribution in [0.5, 0.6) is 0 Å². The van der Waals surface area contributed by atoms with E-state index < -0.39 is 0 Å². The fourth-order valence-corrected chi connectivity index (χ4v) is 1.60. The van der Waals surface area contributed by atoms with Crippen molar-refractivity contribution >= 4 is 11.6 Å². The maximum Gasteiger partial charge on any atom is 0.0251 e. The molecule has 0 N–H and O–H groups in total. The minimum Gasteiger partial charge on any atom is -0.126 e. The SMILES string of the molecule is [CH2]C1CCC(CCl)C1. The lowest BCUT2D eigenvalue weighted by Gasteiger charge is -2.00. The summed E-state index contributed by atoms with van der Waals surface area (Å²) in [4.78, 5) is 0. The third-order valence-corrected chi connectivity index (χ3v) is 2.30. The minimum atomic E-state index is 0.693. The van der Waals surface area contributed by atoms with Crippen molar-refractivity contribution in [2.24, 2.45) is 11.8 Å².